The molecule has 1 heterocycles. The Morgan fingerprint density at radius 3 is 3.00 bits per heavy atom. The number of carbonyl (C=O) groups excluding carboxylic acids is 1. The SMILES string of the molecule is CNCCC(=O)c1sccc1Br. The Kier molecular flexibility index (Phi) is 3.91. The van der Waals surface area contributed by atoms with Gasteiger partial charge in [0.25, 0.3) is 0 Å². The summed E-state index contributed by atoms with van der Waals surface area (Å²) in [5.41, 5.74) is 0. The number of hydrogen-bond acceptors (Lipinski definition) is 3. The van der Waals surface area contributed by atoms with Crippen molar-refractivity contribution in [2.75, 3.05) is 13.6 Å². The molecule has 0 spiro atoms. The topological polar surface area (TPSA) is 29.1 Å². The van der Waals surface area contributed by atoms with Crippen molar-refractivity contribution < 1.29 is 4.79 Å². The Labute approximate surface area is 84.1 Å². The van der Waals surface area contributed by atoms with Gasteiger partial charge in [-0.15, -0.1) is 11.3 Å². The lowest BCUT2D eigenvalue weighted by molar-refractivity contribution is 0.0986. The van der Waals surface area contributed by atoms with Crippen LogP contribution in [-0.4, -0.2) is 19.4 Å². The average Bonchev–Trinajstić information content (AvgIpc) is 2.47. The Balaban J connectivity index is 2.59. The van der Waals surface area contributed by atoms with Crippen molar-refractivity contribution in [3.8, 4) is 0 Å². The predicted octanol–water partition coefficient (Wildman–Crippen LogP) is 2.30. The van der Waals surface area contributed by atoms with E-state index in [9.17, 15) is 4.79 Å². The number of ketones is 1. The molecular weight excluding hydrogens is 238 g/mol. The van der Waals surface area contributed by atoms with Crippen LogP contribution >= 0.6 is 27.3 Å². The summed E-state index contributed by atoms with van der Waals surface area (Å²) in [5, 5.41) is 4.86. The minimum atomic E-state index is 0.200. The highest BCUT2D eigenvalue weighted by atomic mass is 79.9. The molecule has 0 bridgehead atoms. The first-order valence-corrected chi connectivity index (χ1v) is 5.33. The molecule has 1 aromatic heterocycles. The van der Waals surface area contributed by atoms with E-state index in [1.807, 2.05) is 18.5 Å². The van der Waals surface area contributed by atoms with E-state index in [0.717, 1.165) is 15.9 Å². The number of nitrogens with one attached hydrogen (secondary N) is 1. The third-order valence-corrected chi connectivity index (χ3v) is 3.35. The van der Waals surface area contributed by atoms with Crippen LogP contribution in [0.25, 0.3) is 0 Å². The maximum absolute atomic E-state index is 11.4. The summed E-state index contributed by atoms with van der Waals surface area (Å²) in [6, 6.07) is 1.90. The smallest absolute Gasteiger partial charge is 0.175 e. The molecule has 2 nitrogen and oxygen atoms in total. The van der Waals surface area contributed by atoms with E-state index in [2.05, 4.69) is 21.2 Å². The van der Waals surface area contributed by atoms with Crippen molar-refractivity contribution in [2.45, 2.75) is 6.42 Å². The van der Waals surface area contributed by atoms with Gasteiger partial charge >= 0.3 is 0 Å². The first-order valence-electron chi connectivity index (χ1n) is 3.66. The van der Waals surface area contributed by atoms with Crippen LogP contribution in [0.2, 0.25) is 0 Å². The maximum Gasteiger partial charge on any atom is 0.175 e. The molecule has 0 radical (unpaired) electrons. The second-order valence-electron chi connectivity index (χ2n) is 2.37. The van der Waals surface area contributed by atoms with Crippen LogP contribution in [0, 0.1) is 0 Å². The number of carbonyl (C=O) groups is 1. The van der Waals surface area contributed by atoms with E-state index >= 15 is 0 Å². The molecule has 0 amide bonds. The van der Waals surface area contributed by atoms with Gasteiger partial charge in [-0.3, -0.25) is 4.79 Å². The molecule has 0 aliphatic rings. The molecule has 0 saturated heterocycles. The van der Waals surface area contributed by atoms with Crippen molar-refractivity contribution in [3.63, 3.8) is 0 Å². The zero-order valence-electron chi connectivity index (χ0n) is 6.76. The van der Waals surface area contributed by atoms with E-state index in [1.165, 1.54) is 11.3 Å². The second kappa shape index (κ2) is 4.74. The largest absolute Gasteiger partial charge is 0.319 e. The van der Waals surface area contributed by atoms with Crippen LogP contribution in [0.15, 0.2) is 15.9 Å². The molecule has 0 aromatic carbocycles. The zero-order valence-corrected chi connectivity index (χ0v) is 9.17. The molecule has 0 aliphatic heterocycles. The molecule has 12 heavy (non-hydrogen) atoms. The summed E-state index contributed by atoms with van der Waals surface area (Å²) in [5.74, 6) is 0.200. The van der Waals surface area contributed by atoms with Crippen LogP contribution in [0.5, 0.6) is 0 Å². The molecule has 1 rings (SSSR count). The lowest BCUT2D eigenvalue weighted by atomic mass is 10.2. The molecule has 1 aromatic rings. The Morgan fingerprint density at radius 1 is 1.75 bits per heavy atom. The molecule has 0 saturated carbocycles. The van der Waals surface area contributed by atoms with E-state index in [1.54, 1.807) is 0 Å². The first kappa shape index (κ1) is 9.89. The highest BCUT2D eigenvalue weighted by Crippen LogP contribution is 2.23. The molecular formula is C8H10BrNOS. The molecule has 0 aliphatic carbocycles. The lowest BCUT2D eigenvalue weighted by Gasteiger charge is -1.97. The second-order valence-corrected chi connectivity index (χ2v) is 4.14. The summed E-state index contributed by atoms with van der Waals surface area (Å²) < 4.78 is 0.911. The molecule has 1 N–H and O–H groups in total. The lowest BCUT2D eigenvalue weighted by Crippen LogP contribution is -2.12. The first-order chi connectivity index (χ1) is 5.75. The Hall–Kier alpha value is -0.190. The van der Waals surface area contributed by atoms with Gasteiger partial charge in [0.1, 0.15) is 0 Å². The highest BCUT2D eigenvalue weighted by molar-refractivity contribution is 9.10. The number of thiophene rings is 1. The van der Waals surface area contributed by atoms with Crippen molar-refractivity contribution in [2.24, 2.45) is 0 Å². The van der Waals surface area contributed by atoms with Crippen molar-refractivity contribution >= 4 is 33.0 Å². The van der Waals surface area contributed by atoms with Gasteiger partial charge in [0.15, 0.2) is 5.78 Å². The average molecular weight is 248 g/mol. The quantitative estimate of drug-likeness (QED) is 0.828. The number of halogens is 1. The summed E-state index contributed by atoms with van der Waals surface area (Å²) in [4.78, 5) is 12.3. The third kappa shape index (κ3) is 2.40. The predicted molar refractivity (Wildman–Crippen MR) is 54.9 cm³/mol. The normalized spacial score (nSPS) is 10.2. The van der Waals surface area contributed by atoms with E-state index in [-0.39, 0.29) is 5.78 Å². The summed E-state index contributed by atoms with van der Waals surface area (Å²) >= 11 is 4.81. The van der Waals surface area contributed by atoms with Gasteiger partial charge in [-0.05, 0) is 34.4 Å². The van der Waals surface area contributed by atoms with Crippen LogP contribution in [0.1, 0.15) is 16.1 Å². The third-order valence-electron chi connectivity index (χ3n) is 1.47. The monoisotopic (exact) mass is 247 g/mol. The Morgan fingerprint density at radius 2 is 2.50 bits per heavy atom. The molecule has 66 valence electrons. The minimum absolute atomic E-state index is 0.200. The molecule has 0 atom stereocenters. The van der Waals surface area contributed by atoms with Gasteiger partial charge in [0.2, 0.25) is 0 Å². The molecule has 0 unspecified atom stereocenters. The minimum Gasteiger partial charge on any atom is -0.319 e. The van der Waals surface area contributed by atoms with Crippen LogP contribution in [0.4, 0.5) is 0 Å². The fraction of sp³-hybridized carbons (Fsp3) is 0.375. The van der Waals surface area contributed by atoms with Crippen LogP contribution < -0.4 is 5.32 Å². The standard InChI is InChI=1S/C8H10BrNOS/c1-10-4-2-7(11)8-6(9)3-5-12-8/h3,5,10H,2,4H2,1H3. The van der Waals surface area contributed by atoms with E-state index < -0.39 is 0 Å². The van der Waals surface area contributed by atoms with Gasteiger partial charge in [-0.25, -0.2) is 0 Å². The van der Waals surface area contributed by atoms with Gasteiger partial charge in [0, 0.05) is 17.4 Å². The van der Waals surface area contributed by atoms with Crippen molar-refractivity contribution in [1.82, 2.24) is 5.32 Å². The van der Waals surface area contributed by atoms with E-state index in [0.29, 0.717) is 6.42 Å². The van der Waals surface area contributed by atoms with Gasteiger partial charge < -0.3 is 5.32 Å². The highest BCUT2D eigenvalue weighted by Gasteiger charge is 2.09. The van der Waals surface area contributed by atoms with Gasteiger partial charge in [-0.1, -0.05) is 0 Å². The van der Waals surface area contributed by atoms with Crippen molar-refractivity contribution in [1.29, 1.82) is 0 Å². The van der Waals surface area contributed by atoms with Crippen molar-refractivity contribution in [3.05, 3.63) is 20.8 Å². The van der Waals surface area contributed by atoms with E-state index in [4.69, 9.17) is 0 Å². The van der Waals surface area contributed by atoms with Crippen LogP contribution in [-0.2, 0) is 0 Å². The zero-order chi connectivity index (χ0) is 8.97. The summed E-state index contributed by atoms with van der Waals surface area (Å²) in [6.45, 7) is 0.739. The summed E-state index contributed by atoms with van der Waals surface area (Å²) in [7, 11) is 1.84. The van der Waals surface area contributed by atoms with Crippen LogP contribution in [0.3, 0.4) is 0 Å². The molecule has 0 fully saturated rings. The Bertz CT molecular complexity index is 272. The van der Waals surface area contributed by atoms with Gasteiger partial charge in [-0.2, -0.15) is 0 Å². The number of Topliss-reactive ketones (excluding diaryl/α,β-unsaturated/α-hetero) is 1. The molecule has 4 heteroatoms. The maximum atomic E-state index is 11.4. The number of hydrogen-bond donors (Lipinski definition) is 1. The summed E-state index contributed by atoms with van der Waals surface area (Å²) in [6.07, 6.45) is 0.565. The fourth-order valence-corrected chi connectivity index (χ4v) is 2.41. The van der Waals surface area contributed by atoms with Gasteiger partial charge in [0.05, 0.1) is 4.88 Å². The fourth-order valence-electron chi connectivity index (χ4n) is 0.845. The number of rotatable bonds is 4.